The standard InChI is InChI=1S/C13H24N2O6S/c1-19-6-5-14-3-4-15(13(16)21-8-7-20-2)12-10-22(17,18)9-11(12)14/h11-12H,3-10H2,1-2H3/t11-,12+/m0/s1. The van der Waals surface area contributed by atoms with Gasteiger partial charge in [-0.2, -0.15) is 0 Å². The minimum absolute atomic E-state index is 0.000522. The molecule has 0 aliphatic carbocycles. The molecule has 0 saturated carbocycles. The van der Waals surface area contributed by atoms with Gasteiger partial charge in [-0.15, -0.1) is 0 Å². The predicted octanol–water partition coefficient (Wildman–Crippen LogP) is -0.801. The van der Waals surface area contributed by atoms with E-state index in [0.29, 0.717) is 32.8 Å². The number of hydrogen-bond acceptors (Lipinski definition) is 7. The summed E-state index contributed by atoms with van der Waals surface area (Å²) < 4.78 is 39.0. The van der Waals surface area contributed by atoms with E-state index in [-0.39, 0.29) is 30.2 Å². The van der Waals surface area contributed by atoms with Crippen molar-refractivity contribution in [1.82, 2.24) is 9.80 Å². The Bertz CT molecular complexity index is 483. The summed E-state index contributed by atoms with van der Waals surface area (Å²) >= 11 is 0. The molecule has 0 aromatic rings. The molecule has 2 heterocycles. The zero-order chi connectivity index (χ0) is 16.2. The molecule has 22 heavy (non-hydrogen) atoms. The maximum Gasteiger partial charge on any atom is 0.410 e. The molecular weight excluding hydrogens is 312 g/mol. The molecule has 0 aromatic carbocycles. The average Bonchev–Trinajstić information content (AvgIpc) is 2.79. The van der Waals surface area contributed by atoms with Gasteiger partial charge in [-0.05, 0) is 0 Å². The van der Waals surface area contributed by atoms with E-state index in [0.717, 1.165) is 0 Å². The summed E-state index contributed by atoms with van der Waals surface area (Å²) in [5.74, 6) is 0.0871. The zero-order valence-electron chi connectivity index (χ0n) is 13.1. The highest BCUT2D eigenvalue weighted by molar-refractivity contribution is 7.91. The highest BCUT2D eigenvalue weighted by Gasteiger charge is 2.48. The fourth-order valence-corrected chi connectivity index (χ4v) is 5.04. The van der Waals surface area contributed by atoms with Gasteiger partial charge in [0.25, 0.3) is 0 Å². The van der Waals surface area contributed by atoms with Gasteiger partial charge in [0.2, 0.25) is 0 Å². The van der Waals surface area contributed by atoms with Crippen molar-refractivity contribution in [2.24, 2.45) is 0 Å². The molecule has 0 unspecified atom stereocenters. The van der Waals surface area contributed by atoms with Crippen LogP contribution < -0.4 is 0 Å². The number of methoxy groups -OCH3 is 2. The second kappa shape index (κ2) is 7.58. The van der Waals surface area contributed by atoms with Crippen LogP contribution in [-0.4, -0.2) is 102 Å². The molecule has 2 aliphatic rings. The van der Waals surface area contributed by atoms with Crippen molar-refractivity contribution in [2.75, 3.05) is 65.2 Å². The number of fused-ring (bicyclic) bond motifs is 1. The van der Waals surface area contributed by atoms with E-state index in [1.54, 1.807) is 12.0 Å². The lowest BCUT2D eigenvalue weighted by molar-refractivity contribution is 0.0137. The van der Waals surface area contributed by atoms with Crippen LogP contribution in [0.3, 0.4) is 0 Å². The average molecular weight is 336 g/mol. The second-order valence-electron chi connectivity index (χ2n) is 5.54. The summed E-state index contributed by atoms with van der Waals surface area (Å²) in [6, 6.07) is -0.519. The van der Waals surface area contributed by atoms with E-state index in [1.165, 1.54) is 7.11 Å². The zero-order valence-corrected chi connectivity index (χ0v) is 13.9. The van der Waals surface area contributed by atoms with Gasteiger partial charge < -0.3 is 19.1 Å². The first-order chi connectivity index (χ1) is 10.5. The van der Waals surface area contributed by atoms with Crippen LogP contribution in [0.4, 0.5) is 4.79 Å². The summed E-state index contributed by atoms with van der Waals surface area (Å²) in [7, 11) is 0.0121. The number of carbonyl (C=O) groups is 1. The van der Waals surface area contributed by atoms with E-state index in [9.17, 15) is 13.2 Å². The number of sulfone groups is 1. The monoisotopic (exact) mass is 336 g/mol. The van der Waals surface area contributed by atoms with E-state index in [1.807, 2.05) is 0 Å². The van der Waals surface area contributed by atoms with Gasteiger partial charge in [-0.25, -0.2) is 13.2 Å². The van der Waals surface area contributed by atoms with Crippen molar-refractivity contribution in [2.45, 2.75) is 12.1 Å². The summed E-state index contributed by atoms with van der Waals surface area (Å²) in [6.07, 6.45) is -0.462. The SMILES string of the molecule is COCCOC(=O)N1CCN(CCOC)[C@H]2CS(=O)(=O)C[C@H]21. The Morgan fingerprint density at radius 1 is 1.05 bits per heavy atom. The van der Waals surface area contributed by atoms with Crippen molar-refractivity contribution in [1.29, 1.82) is 0 Å². The van der Waals surface area contributed by atoms with Crippen molar-refractivity contribution in [3.8, 4) is 0 Å². The van der Waals surface area contributed by atoms with Crippen molar-refractivity contribution in [3.05, 3.63) is 0 Å². The van der Waals surface area contributed by atoms with E-state index in [2.05, 4.69) is 4.90 Å². The maximum absolute atomic E-state index is 12.2. The van der Waals surface area contributed by atoms with Crippen LogP contribution in [0, 0.1) is 0 Å². The van der Waals surface area contributed by atoms with Crippen molar-refractivity contribution >= 4 is 15.9 Å². The van der Waals surface area contributed by atoms with Gasteiger partial charge in [-0.1, -0.05) is 0 Å². The van der Waals surface area contributed by atoms with Crippen molar-refractivity contribution in [3.63, 3.8) is 0 Å². The highest BCUT2D eigenvalue weighted by Crippen LogP contribution is 2.27. The van der Waals surface area contributed by atoms with Crippen LogP contribution in [-0.2, 0) is 24.0 Å². The number of rotatable bonds is 6. The third kappa shape index (κ3) is 4.09. The molecule has 1 amide bonds. The summed E-state index contributed by atoms with van der Waals surface area (Å²) in [4.78, 5) is 15.8. The molecule has 2 fully saturated rings. The molecule has 9 heteroatoms. The highest BCUT2D eigenvalue weighted by atomic mass is 32.2. The normalized spacial score (nSPS) is 27.6. The molecule has 0 radical (unpaired) electrons. The van der Waals surface area contributed by atoms with Crippen LogP contribution in [0.5, 0.6) is 0 Å². The lowest BCUT2D eigenvalue weighted by Gasteiger charge is -2.43. The molecule has 2 atom stereocenters. The molecule has 128 valence electrons. The van der Waals surface area contributed by atoms with Gasteiger partial charge in [0.1, 0.15) is 6.61 Å². The quantitative estimate of drug-likeness (QED) is 0.587. The molecule has 2 saturated heterocycles. The number of ether oxygens (including phenoxy) is 3. The maximum atomic E-state index is 12.2. The van der Waals surface area contributed by atoms with Gasteiger partial charge in [0.15, 0.2) is 9.84 Å². The largest absolute Gasteiger partial charge is 0.447 e. The third-order valence-electron chi connectivity index (χ3n) is 4.12. The number of piperazine rings is 1. The van der Waals surface area contributed by atoms with E-state index < -0.39 is 15.9 Å². The molecular formula is C13H24N2O6S. The predicted molar refractivity (Wildman–Crippen MR) is 79.6 cm³/mol. The fourth-order valence-electron chi connectivity index (χ4n) is 3.03. The molecule has 0 spiro atoms. The van der Waals surface area contributed by atoms with Gasteiger partial charge in [0.05, 0.1) is 30.8 Å². The molecule has 0 N–H and O–H groups in total. The summed E-state index contributed by atoms with van der Waals surface area (Å²) in [6.45, 7) is 2.79. The third-order valence-corrected chi connectivity index (χ3v) is 5.82. The molecule has 0 aromatic heterocycles. The van der Waals surface area contributed by atoms with Gasteiger partial charge in [0, 0.05) is 39.9 Å². The fraction of sp³-hybridized carbons (Fsp3) is 0.923. The Labute approximate surface area is 131 Å². The Balaban J connectivity index is 2.04. The van der Waals surface area contributed by atoms with Gasteiger partial charge in [-0.3, -0.25) is 4.90 Å². The van der Waals surface area contributed by atoms with Crippen LogP contribution in [0.15, 0.2) is 0 Å². The Kier molecular flexibility index (Phi) is 6.01. The molecule has 0 bridgehead atoms. The first-order valence-electron chi connectivity index (χ1n) is 7.34. The topological polar surface area (TPSA) is 85.4 Å². The van der Waals surface area contributed by atoms with E-state index >= 15 is 0 Å². The lowest BCUT2D eigenvalue weighted by Crippen LogP contribution is -2.61. The number of nitrogens with zero attached hydrogens (tertiary/aromatic N) is 2. The van der Waals surface area contributed by atoms with Crippen LogP contribution >= 0.6 is 0 Å². The van der Waals surface area contributed by atoms with Gasteiger partial charge >= 0.3 is 6.09 Å². The van der Waals surface area contributed by atoms with Crippen LogP contribution in [0.25, 0.3) is 0 Å². The smallest absolute Gasteiger partial charge is 0.410 e. The summed E-state index contributed by atoms with van der Waals surface area (Å²) in [5, 5.41) is 0. The Hall–Kier alpha value is -0.900. The second-order valence-corrected chi connectivity index (χ2v) is 7.69. The van der Waals surface area contributed by atoms with E-state index in [4.69, 9.17) is 14.2 Å². The minimum Gasteiger partial charge on any atom is -0.447 e. The number of carbonyl (C=O) groups excluding carboxylic acids is 1. The van der Waals surface area contributed by atoms with Crippen LogP contribution in [0.1, 0.15) is 0 Å². The number of hydrogen-bond donors (Lipinski definition) is 0. The molecule has 2 rings (SSSR count). The van der Waals surface area contributed by atoms with Crippen LogP contribution in [0.2, 0.25) is 0 Å². The first kappa shape index (κ1) is 17.5. The number of amides is 1. The lowest BCUT2D eigenvalue weighted by atomic mass is 10.1. The Morgan fingerprint density at radius 3 is 2.41 bits per heavy atom. The summed E-state index contributed by atoms with van der Waals surface area (Å²) in [5.41, 5.74) is 0. The minimum atomic E-state index is -3.14. The molecule has 2 aliphatic heterocycles. The first-order valence-corrected chi connectivity index (χ1v) is 9.16. The molecule has 8 nitrogen and oxygen atoms in total. The van der Waals surface area contributed by atoms with Crippen molar-refractivity contribution < 1.29 is 27.4 Å². The Morgan fingerprint density at radius 2 is 1.73 bits per heavy atom.